The van der Waals surface area contributed by atoms with E-state index < -0.39 is 0 Å². The van der Waals surface area contributed by atoms with Crippen LogP contribution in [0.15, 0.2) is 52.8 Å². The number of nitriles is 1. The first-order chi connectivity index (χ1) is 11.3. The molecule has 0 amide bonds. The number of hydrogen-bond donors (Lipinski definition) is 2. The molecule has 4 heterocycles. The molecule has 6 nitrogen and oxygen atoms in total. The van der Waals surface area contributed by atoms with E-state index in [2.05, 4.69) is 21.3 Å². The number of aromatic nitrogens is 3. The molecule has 4 rings (SSSR count). The average molecular weight is 321 g/mol. The van der Waals surface area contributed by atoms with Crippen LogP contribution in [0, 0.1) is 11.3 Å². The number of ether oxygens (including phenoxy) is 1. The molecule has 23 heavy (non-hydrogen) atoms. The lowest BCUT2D eigenvalue weighted by atomic mass is 9.84. The maximum atomic E-state index is 9.55. The molecule has 0 fully saturated rings. The molecular formula is C16H11N5OS. The quantitative estimate of drug-likeness (QED) is 0.756. The van der Waals surface area contributed by atoms with E-state index in [-0.39, 0.29) is 11.8 Å². The number of rotatable bonds is 2. The first-order valence-electron chi connectivity index (χ1n) is 6.88. The van der Waals surface area contributed by atoms with Gasteiger partial charge in [0.15, 0.2) is 0 Å². The molecule has 112 valence electrons. The third-order valence-corrected chi connectivity index (χ3v) is 4.47. The van der Waals surface area contributed by atoms with Crippen LogP contribution in [0.2, 0.25) is 0 Å². The fourth-order valence-electron chi connectivity index (χ4n) is 2.75. The van der Waals surface area contributed by atoms with Gasteiger partial charge in [0, 0.05) is 18.0 Å². The summed E-state index contributed by atoms with van der Waals surface area (Å²) in [5, 5.41) is 20.7. The van der Waals surface area contributed by atoms with E-state index in [0.717, 1.165) is 22.4 Å². The number of nitrogens with zero attached hydrogens (tertiary/aromatic N) is 3. The lowest BCUT2D eigenvalue weighted by Crippen LogP contribution is -2.20. The van der Waals surface area contributed by atoms with Gasteiger partial charge >= 0.3 is 0 Å². The van der Waals surface area contributed by atoms with Gasteiger partial charge in [0.1, 0.15) is 11.6 Å². The Bertz CT molecular complexity index is 921. The van der Waals surface area contributed by atoms with Gasteiger partial charge in [-0.15, -0.1) is 5.10 Å². The zero-order chi connectivity index (χ0) is 15.8. The summed E-state index contributed by atoms with van der Waals surface area (Å²) in [6.45, 7) is 0. The number of nitrogens with one attached hydrogen (secondary N) is 1. The molecular weight excluding hydrogens is 310 g/mol. The van der Waals surface area contributed by atoms with Gasteiger partial charge in [-0.2, -0.15) is 16.6 Å². The van der Waals surface area contributed by atoms with Gasteiger partial charge in [0.05, 0.1) is 17.2 Å². The molecule has 1 aliphatic rings. The molecule has 1 atom stereocenters. The Labute approximate surface area is 135 Å². The molecule has 3 aromatic rings. The Morgan fingerprint density at radius 1 is 1.39 bits per heavy atom. The number of fused-ring (bicyclic) bond motifs is 1. The van der Waals surface area contributed by atoms with Crippen molar-refractivity contribution in [2.75, 3.05) is 0 Å². The molecule has 0 aromatic carbocycles. The Morgan fingerprint density at radius 3 is 3.00 bits per heavy atom. The predicted molar refractivity (Wildman–Crippen MR) is 85.4 cm³/mol. The Hall–Kier alpha value is -3.11. The highest BCUT2D eigenvalue weighted by Gasteiger charge is 2.35. The second-order valence-electron chi connectivity index (χ2n) is 5.04. The largest absolute Gasteiger partial charge is 0.420 e. The van der Waals surface area contributed by atoms with Gasteiger partial charge in [0.25, 0.3) is 0 Å². The summed E-state index contributed by atoms with van der Waals surface area (Å²) in [6, 6.07) is 7.94. The number of allylic oxidation sites excluding steroid dienone is 1. The van der Waals surface area contributed by atoms with Crippen LogP contribution in [0.5, 0.6) is 5.88 Å². The van der Waals surface area contributed by atoms with Crippen LogP contribution in [-0.4, -0.2) is 15.2 Å². The summed E-state index contributed by atoms with van der Waals surface area (Å²) in [4.78, 5) is 4.14. The van der Waals surface area contributed by atoms with E-state index >= 15 is 0 Å². The van der Waals surface area contributed by atoms with Gasteiger partial charge in [-0.05, 0) is 34.5 Å². The van der Waals surface area contributed by atoms with Crippen LogP contribution >= 0.6 is 11.3 Å². The summed E-state index contributed by atoms with van der Waals surface area (Å²) in [6.07, 6.45) is 3.45. The fraction of sp³-hybridized carbons (Fsp3) is 0.0625. The summed E-state index contributed by atoms with van der Waals surface area (Å²) < 4.78 is 5.54. The number of pyridine rings is 1. The zero-order valence-corrected chi connectivity index (χ0v) is 12.7. The SMILES string of the molecule is N#CC1=C(N)Oc2n[nH]c(-c3cccnc3)c2C1c1ccsc1. The van der Waals surface area contributed by atoms with Crippen molar-refractivity contribution in [1.82, 2.24) is 15.2 Å². The van der Waals surface area contributed by atoms with E-state index in [0.29, 0.717) is 11.5 Å². The molecule has 0 saturated carbocycles. The van der Waals surface area contributed by atoms with Crippen molar-refractivity contribution in [1.29, 1.82) is 5.26 Å². The predicted octanol–water partition coefficient (Wildman–Crippen LogP) is 2.75. The highest BCUT2D eigenvalue weighted by molar-refractivity contribution is 7.08. The van der Waals surface area contributed by atoms with E-state index in [1.54, 1.807) is 23.7 Å². The minimum atomic E-state index is -0.302. The lowest BCUT2D eigenvalue weighted by molar-refractivity contribution is 0.379. The summed E-state index contributed by atoms with van der Waals surface area (Å²) >= 11 is 1.57. The lowest BCUT2D eigenvalue weighted by Gasteiger charge is -2.23. The third kappa shape index (κ3) is 2.08. The standard InChI is InChI=1S/C16H11N5OS/c17-6-11-12(10-3-5-23-8-10)13-14(9-2-1-4-19-7-9)20-21-16(13)22-15(11)18/h1-5,7-8,12H,18H2,(H,20,21). The number of aromatic amines is 1. The van der Waals surface area contributed by atoms with Crippen LogP contribution < -0.4 is 10.5 Å². The van der Waals surface area contributed by atoms with Gasteiger partial charge in [-0.3, -0.25) is 10.1 Å². The van der Waals surface area contributed by atoms with Crippen molar-refractivity contribution < 1.29 is 4.74 Å². The molecule has 3 aromatic heterocycles. The molecule has 0 saturated heterocycles. The Morgan fingerprint density at radius 2 is 2.30 bits per heavy atom. The van der Waals surface area contributed by atoms with Crippen LogP contribution in [0.3, 0.4) is 0 Å². The van der Waals surface area contributed by atoms with Gasteiger partial charge in [0.2, 0.25) is 11.8 Å². The van der Waals surface area contributed by atoms with Crippen molar-refractivity contribution in [3.05, 3.63) is 63.9 Å². The summed E-state index contributed by atoms with van der Waals surface area (Å²) in [7, 11) is 0. The minimum Gasteiger partial charge on any atom is -0.420 e. The minimum absolute atomic E-state index is 0.0976. The van der Waals surface area contributed by atoms with Gasteiger partial charge in [-0.1, -0.05) is 0 Å². The van der Waals surface area contributed by atoms with Crippen molar-refractivity contribution in [3.8, 4) is 23.2 Å². The molecule has 0 radical (unpaired) electrons. The molecule has 0 bridgehead atoms. The second kappa shape index (κ2) is 5.26. The van der Waals surface area contributed by atoms with E-state index in [1.807, 2.05) is 29.0 Å². The topological polar surface area (TPSA) is 101 Å². The first-order valence-corrected chi connectivity index (χ1v) is 7.82. The monoisotopic (exact) mass is 321 g/mol. The van der Waals surface area contributed by atoms with Crippen LogP contribution in [-0.2, 0) is 0 Å². The molecule has 0 aliphatic carbocycles. The molecule has 3 N–H and O–H groups in total. The van der Waals surface area contributed by atoms with E-state index in [1.165, 1.54) is 0 Å². The maximum absolute atomic E-state index is 9.55. The number of thiophene rings is 1. The number of hydrogen-bond acceptors (Lipinski definition) is 6. The van der Waals surface area contributed by atoms with Crippen molar-refractivity contribution >= 4 is 11.3 Å². The summed E-state index contributed by atoms with van der Waals surface area (Å²) in [5.41, 5.74) is 9.77. The highest BCUT2D eigenvalue weighted by atomic mass is 32.1. The van der Waals surface area contributed by atoms with Crippen LogP contribution in [0.25, 0.3) is 11.3 Å². The molecule has 1 aliphatic heterocycles. The van der Waals surface area contributed by atoms with Crippen LogP contribution in [0.1, 0.15) is 17.0 Å². The second-order valence-corrected chi connectivity index (χ2v) is 5.82. The average Bonchev–Trinajstić information content (AvgIpc) is 3.24. The van der Waals surface area contributed by atoms with E-state index in [4.69, 9.17) is 10.5 Å². The highest BCUT2D eigenvalue weighted by Crippen LogP contribution is 2.45. The van der Waals surface area contributed by atoms with Gasteiger partial charge in [-0.25, -0.2) is 0 Å². The Kier molecular flexibility index (Phi) is 3.10. The third-order valence-electron chi connectivity index (χ3n) is 3.77. The summed E-state index contributed by atoms with van der Waals surface area (Å²) in [5.74, 6) is 0.195. The zero-order valence-electron chi connectivity index (χ0n) is 11.9. The van der Waals surface area contributed by atoms with Crippen molar-refractivity contribution in [3.63, 3.8) is 0 Å². The smallest absolute Gasteiger partial charge is 0.244 e. The molecule has 0 spiro atoms. The Balaban J connectivity index is 1.96. The van der Waals surface area contributed by atoms with Crippen molar-refractivity contribution in [2.45, 2.75) is 5.92 Å². The maximum Gasteiger partial charge on any atom is 0.244 e. The van der Waals surface area contributed by atoms with E-state index in [9.17, 15) is 5.26 Å². The van der Waals surface area contributed by atoms with Crippen LogP contribution in [0.4, 0.5) is 0 Å². The fourth-order valence-corrected chi connectivity index (χ4v) is 3.43. The normalized spacial score (nSPS) is 16.6. The van der Waals surface area contributed by atoms with Gasteiger partial charge < -0.3 is 10.5 Å². The molecule has 7 heteroatoms. The molecule has 1 unspecified atom stereocenters. The number of nitrogens with two attached hydrogens (primary N) is 1. The van der Waals surface area contributed by atoms with Crippen molar-refractivity contribution in [2.24, 2.45) is 5.73 Å². The number of H-pyrrole nitrogens is 1. The first kappa shape index (κ1) is 13.5.